The Morgan fingerprint density at radius 2 is 2.13 bits per heavy atom. The summed E-state index contributed by atoms with van der Waals surface area (Å²) in [4.78, 5) is 14.8. The second kappa shape index (κ2) is 6.10. The monoisotopic (exact) mass is 312 g/mol. The largest absolute Gasteiger partial charge is 0.342 e. The van der Waals surface area contributed by atoms with Crippen molar-refractivity contribution in [3.63, 3.8) is 0 Å². The third kappa shape index (κ3) is 2.71. The number of hydrogen-bond donors (Lipinski definition) is 1. The standard InChI is InChI=1S/C20H28N2O/c1-4-5-6-7-11-22-13-17-18(19(22)23)20(17,3)16-10-8-9-15(12-16)14(2)21/h8-10,12,17-18,21H,4-7,11,13H2,1-3H3. The first-order valence-corrected chi connectivity index (χ1v) is 8.95. The van der Waals surface area contributed by atoms with Gasteiger partial charge in [-0.15, -0.1) is 0 Å². The lowest BCUT2D eigenvalue weighted by Gasteiger charge is -2.25. The van der Waals surface area contributed by atoms with Crippen LogP contribution >= 0.6 is 0 Å². The van der Waals surface area contributed by atoms with E-state index in [0.29, 0.717) is 17.5 Å². The number of benzene rings is 1. The Kier molecular flexibility index (Phi) is 4.31. The van der Waals surface area contributed by atoms with E-state index in [-0.39, 0.29) is 11.3 Å². The van der Waals surface area contributed by atoms with Gasteiger partial charge in [0, 0.05) is 24.2 Å². The maximum atomic E-state index is 12.7. The number of piperidine rings is 1. The molecule has 124 valence electrons. The molecule has 1 aromatic carbocycles. The molecular weight excluding hydrogens is 284 g/mol. The molecule has 0 radical (unpaired) electrons. The van der Waals surface area contributed by atoms with E-state index in [1.165, 1.54) is 24.8 Å². The van der Waals surface area contributed by atoms with Crippen molar-refractivity contribution < 1.29 is 4.79 Å². The van der Waals surface area contributed by atoms with Gasteiger partial charge >= 0.3 is 0 Å². The first-order valence-electron chi connectivity index (χ1n) is 8.95. The zero-order valence-electron chi connectivity index (χ0n) is 14.6. The molecule has 23 heavy (non-hydrogen) atoms. The molecular formula is C20H28N2O. The lowest BCUT2D eigenvalue weighted by atomic mass is 9.90. The Morgan fingerprint density at radius 1 is 1.35 bits per heavy atom. The van der Waals surface area contributed by atoms with Gasteiger partial charge in [-0.1, -0.05) is 51.3 Å². The number of carbonyl (C=O) groups is 1. The quantitative estimate of drug-likeness (QED) is 0.600. The van der Waals surface area contributed by atoms with Crippen molar-refractivity contribution in [1.82, 2.24) is 4.90 Å². The normalized spacial score (nSPS) is 28.8. The molecule has 0 spiro atoms. The van der Waals surface area contributed by atoms with Crippen LogP contribution in [0.1, 0.15) is 57.6 Å². The van der Waals surface area contributed by atoms with Crippen molar-refractivity contribution in [1.29, 1.82) is 5.41 Å². The molecule has 1 N–H and O–H groups in total. The number of likely N-dealkylation sites (tertiary alicyclic amines) is 1. The van der Waals surface area contributed by atoms with Gasteiger partial charge in [0.2, 0.25) is 5.91 Å². The van der Waals surface area contributed by atoms with Crippen LogP contribution in [0.15, 0.2) is 24.3 Å². The minimum Gasteiger partial charge on any atom is -0.342 e. The van der Waals surface area contributed by atoms with Gasteiger partial charge in [0.25, 0.3) is 0 Å². The highest BCUT2D eigenvalue weighted by Gasteiger charge is 2.70. The van der Waals surface area contributed by atoms with Crippen molar-refractivity contribution in [3.8, 4) is 0 Å². The Hall–Kier alpha value is -1.64. The number of hydrogen-bond acceptors (Lipinski definition) is 2. The molecule has 2 fully saturated rings. The lowest BCUT2D eigenvalue weighted by Crippen LogP contribution is -2.34. The average molecular weight is 312 g/mol. The van der Waals surface area contributed by atoms with Gasteiger partial charge in [-0.2, -0.15) is 0 Å². The molecule has 3 rings (SSSR count). The van der Waals surface area contributed by atoms with E-state index in [0.717, 1.165) is 25.1 Å². The summed E-state index contributed by atoms with van der Waals surface area (Å²) < 4.78 is 0. The Bertz CT molecular complexity index is 624. The van der Waals surface area contributed by atoms with E-state index in [1.54, 1.807) is 0 Å². The molecule has 0 bridgehead atoms. The fourth-order valence-electron chi connectivity index (χ4n) is 4.26. The third-order valence-electron chi connectivity index (χ3n) is 5.90. The fourth-order valence-corrected chi connectivity index (χ4v) is 4.26. The van der Waals surface area contributed by atoms with Gasteiger partial charge in [0.1, 0.15) is 0 Å². The van der Waals surface area contributed by atoms with E-state index in [4.69, 9.17) is 5.41 Å². The number of carbonyl (C=O) groups excluding carboxylic acids is 1. The molecule has 3 atom stereocenters. The number of unbranched alkanes of at least 4 members (excludes halogenated alkanes) is 3. The van der Waals surface area contributed by atoms with Crippen LogP contribution in [0.4, 0.5) is 0 Å². The summed E-state index contributed by atoms with van der Waals surface area (Å²) in [6.07, 6.45) is 4.87. The van der Waals surface area contributed by atoms with E-state index < -0.39 is 0 Å². The molecule has 1 amide bonds. The smallest absolute Gasteiger partial charge is 0.226 e. The van der Waals surface area contributed by atoms with Gasteiger partial charge in [-0.3, -0.25) is 4.79 Å². The highest BCUT2D eigenvalue weighted by Crippen LogP contribution is 2.63. The van der Waals surface area contributed by atoms with Crippen LogP contribution < -0.4 is 0 Å². The highest BCUT2D eigenvalue weighted by atomic mass is 16.2. The van der Waals surface area contributed by atoms with Crippen molar-refractivity contribution in [3.05, 3.63) is 35.4 Å². The maximum absolute atomic E-state index is 12.7. The van der Waals surface area contributed by atoms with Gasteiger partial charge in [0.05, 0.1) is 5.92 Å². The Morgan fingerprint density at radius 3 is 2.74 bits per heavy atom. The fraction of sp³-hybridized carbons (Fsp3) is 0.600. The molecule has 1 heterocycles. The topological polar surface area (TPSA) is 44.2 Å². The van der Waals surface area contributed by atoms with Gasteiger partial charge in [0.15, 0.2) is 0 Å². The molecule has 1 saturated carbocycles. The van der Waals surface area contributed by atoms with E-state index in [1.807, 2.05) is 19.1 Å². The molecule has 1 saturated heterocycles. The van der Waals surface area contributed by atoms with Crippen LogP contribution in [0, 0.1) is 17.2 Å². The summed E-state index contributed by atoms with van der Waals surface area (Å²) in [7, 11) is 0. The van der Waals surface area contributed by atoms with Gasteiger partial charge in [-0.05, 0) is 36.5 Å². The zero-order valence-corrected chi connectivity index (χ0v) is 14.6. The van der Waals surface area contributed by atoms with Crippen LogP contribution in [0.2, 0.25) is 0 Å². The summed E-state index contributed by atoms with van der Waals surface area (Å²) in [5, 5.41) is 7.82. The van der Waals surface area contributed by atoms with Crippen LogP contribution in [-0.2, 0) is 10.2 Å². The molecule has 3 nitrogen and oxygen atoms in total. The van der Waals surface area contributed by atoms with E-state index in [9.17, 15) is 4.79 Å². The number of nitrogens with zero attached hydrogens (tertiary/aromatic N) is 1. The summed E-state index contributed by atoms with van der Waals surface area (Å²) >= 11 is 0. The van der Waals surface area contributed by atoms with Crippen LogP contribution in [0.3, 0.4) is 0 Å². The van der Waals surface area contributed by atoms with Crippen LogP contribution in [0.25, 0.3) is 0 Å². The maximum Gasteiger partial charge on any atom is 0.226 e. The van der Waals surface area contributed by atoms with Crippen molar-refractivity contribution >= 4 is 11.6 Å². The summed E-state index contributed by atoms with van der Waals surface area (Å²) in [5.74, 6) is 0.975. The number of rotatable bonds is 7. The van der Waals surface area contributed by atoms with E-state index >= 15 is 0 Å². The van der Waals surface area contributed by atoms with Crippen molar-refractivity contribution in [2.75, 3.05) is 13.1 Å². The zero-order chi connectivity index (χ0) is 16.6. The summed E-state index contributed by atoms with van der Waals surface area (Å²) in [5.41, 5.74) is 2.78. The molecule has 3 unspecified atom stereocenters. The predicted molar refractivity (Wildman–Crippen MR) is 94.0 cm³/mol. The van der Waals surface area contributed by atoms with Crippen molar-refractivity contribution in [2.24, 2.45) is 11.8 Å². The molecule has 0 aromatic heterocycles. The highest BCUT2D eigenvalue weighted by molar-refractivity contribution is 5.96. The number of nitrogens with one attached hydrogen (secondary N) is 1. The Labute approximate surface area is 139 Å². The average Bonchev–Trinajstić information content (AvgIpc) is 2.99. The number of amides is 1. The SMILES string of the molecule is CCCCCCN1CC2C(C1=O)C2(C)c1cccc(C(C)=N)c1. The molecule has 1 aliphatic heterocycles. The molecule has 2 aliphatic rings. The predicted octanol–water partition coefficient (Wildman–Crippen LogP) is 4.00. The van der Waals surface area contributed by atoms with Crippen molar-refractivity contribution in [2.45, 2.75) is 51.9 Å². The second-order valence-electron chi connectivity index (χ2n) is 7.42. The first-order chi connectivity index (χ1) is 11.0. The second-order valence-corrected chi connectivity index (χ2v) is 7.42. The molecule has 1 aromatic rings. The van der Waals surface area contributed by atoms with E-state index in [2.05, 4.69) is 30.9 Å². The lowest BCUT2D eigenvalue weighted by molar-refractivity contribution is -0.130. The summed E-state index contributed by atoms with van der Waals surface area (Å²) in [6.45, 7) is 8.11. The van der Waals surface area contributed by atoms with Gasteiger partial charge < -0.3 is 10.3 Å². The summed E-state index contributed by atoms with van der Waals surface area (Å²) in [6, 6.07) is 8.24. The molecule has 1 aliphatic carbocycles. The minimum atomic E-state index is -0.0114. The minimum absolute atomic E-state index is 0.0114. The van der Waals surface area contributed by atoms with Crippen LogP contribution in [-0.4, -0.2) is 29.6 Å². The molecule has 3 heteroatoms. The Balaban J connectivity index is 1.66. The third-order valence-corrected chi connectivity index (χ3v) is 5.90. The number of fused-ring (bicyclic) bond motifs is 1. The van der Waals surface area contributed by atoms with Crippen LogP contribution in [0.5, 0.6) is 0 Å². The first kappa shape index (κ1) is 16.2. The van der Waals surface area contributed by atoms with Gasteiger partial charge in [-0.25, -0.2) is 0 Å².